The number of hydrogen-bond acceptors (Lipinski definition) is 7. The van der Waals surface area contributed by atoms with Crippen LogP contribution in [0.5, 0.6) is 0 Å². The van der Waals surface area contributed by atoms with Crippen LogP contribution in [0, 0.1) is 0 Å². The Bertz CT molecular complexity index is 919. The molecular formula is C16H21N7S. The van der Waals surface area contributed by atoms with Crippen molar-refractivity contribution in [1.29, 1.82) is 0 Å². The number of nitrogen functional groups attached to an aromatic ring is 1. The lowest BCUT2D eigenvalue weighted by molar-refractivity contribution is 0.544. The fraction of sp³-hybridized carbons (Fsp3) is 0.500. The molecule has 1 aliphatic heterocycles. The predicted molar refractivity (Wildman–Crippen MR) is 96.3 cm³/mol. The van der Waals surface area contributed by atoms with E-state index in [2.05, 4.69) is 35.8 Å². The monoisotopic (exact) mass is 343 g/mol. The summed E-state index contributed by atoms with van der Waals surface area (Å²) in [6, 6.07) is 0. The largest absolute Gasteiger partial charge is 0.375 e. The lowest BCUT2D eigenvalue weighted by Crippen LogP contribution is -2.31. The number of aryl methyl sites for hydroxylation is 1. The first kappa shape index (κ1) is 15.3. The van der Waals surface area contributed by atoms with Crippen LogP contribution in [-0.2, 0) is 25.4 Å². The molecule has 8 heteroatoms. The Morgan fingerprint density at radius 2 is 2.00 bits per heavy atom. The Balaban J connectivity index is 1.84. The van der Waals surface area contributed by atoms with Gasteiger partial charge in [0.15, 0.2) is 10.8 Å². The fourth-order valence-electron chi connectivity index (χ4n) is 2.98. The second-order valence-electron chi connectivity index (χ2n) is 7.22. The standard InChI is InChI=1S/C16H21N7S/c1-16(2,3)14-20-12-9(7-18-22(12)4)13(21-14)23-6-5-10-11(8-23)24-15(17)19-10/h7H,5-6,8H2,1-4H3,(H2,17,19). The Labute approximate surface area is 144 Å². The Kier molecular flexibility index (Phi) is 3.28. The van der Waals surface area contributed by atoms with Crippen molar-refractivity contribution in [3.05, 3.63) is 22.6 Å². The minimum atomic E-state index is -0.122. The summed E-state index contributed by atoms with van der Waals surface area (Å²) >= 11 is 1.57. The van der Waals surface area contributed by atoms with Crippen LogP contribution >= 0.6 is 11.3 Å². The van der Waals surface area contributed by atoms with Gasteiger partial charge < -0.3 is 10.6 Å². The summed E-state index contributed by atoms with van der Waals surface area (Å²) in [5.41, 5.74) is 7.75. The van der Waals surface area contributed by atoms with Gasteiger partial charge in [-0.15, -0.1) is 11.3 Å². The third-order valence-electron chi connectivity index (χ3n) is 4.29. The van der Waals surface area contributed by atoms with Gasteiger partial charge in [0, 0.05) is 30.3 Å². The molecule has 126 valence electrons. The van der Waals surface area contributed by atoms with Gasteiger partial charge in [-0.25, -0.2) is 15.0 Å². The molecule has 0 unspecified atom stereocenters. The van der Waals surface area contributed by atoms with Crippen molar-refractivity contribution in [2.45, 2.75) is 39.2 Å². The molecule has 0 fully saturated rings. The zero-order valence-corrected chi connectivity index (χ0v) is 15.2. The van der Waals surface area contributed by atoms with E-state index in [-0.39, 0.29) is 5.41 Å². The van der Waals surface area contributed by atoms with Crippen molar-refractivity contribution in [2.75, 3.05) is 17.2 Å². The van der Waals surface area contributed by atoms with Crippen LogP contribution in [0.2, 0.25) is 0 Å². The van der Waals surface area contributed by atoms with Gasteiger partial charge >= 0.3 is 0 Å². The van der Waals surface area contributed by atoms with E-state index in [1.54, 1.807) is 11.3 Å². The van der Waals surface area contributed by atoms with Crippen LogP contribution < -0.4 is 10.6 Å². The highest BCUT2D eigenvalue weighted by Gasteiger charge is 2.27. The van der Waals surface area contributed by atoms with Crippen molar-refractivity contribution >= 4 is 33.3 Å². The average molecular weight is 343 g/mol. The van der Waals surface area contributed by atoms with Gasteiger partial charge in [0.25, 0.3) is 0 Å². The lowest BCUT2D eigenvalue weighted by atomic mass is 9.95. The summed E-state index contributed by atoms with van der Waals surface area (Å²) in [6.45, 7) is 8.06. The first-order valence-corrected chi connectivity index (χ1v) is 8.84. The average Bonchev–Trinajstić information content (AvgIpc) is 3.07. The predicted octanol–water partition coefficient (Wildman–Crippen LogP) is 2.26. The molecule has 0 radical (unpaired) electrons. The normalized spacial score (nSPS) is 15.1. The van der Waals surface area contributed by atoms with E-state index < -0.39 is 0 Å². The number of hydrogen-bond donors (Lipinski definition) is 1. The summed E-state index contributed by atoms with van der Waals surface area (Å²) < 4.78 is 1.82. The molecule has 0 aromatic carbocycles. The number of thiazole rings is 1. The zero-order chi connectivity index (χ0) is 17.1. The molecule has 0 saturated carbocycles. The van der Waals surface area contributed by atoms with Gasteiger partial charge in [0.05, 0.1) is 23.8 Å². The Morgan fingerprint density at radius 1 is 1.21 bits per heavy atom. The Morgan fingerprint density at radius 3 is 2.75 bits per heavy atom. The summed E-state index contributed by atoms with van der Waals surface area (Å²) in [7, 11) is 1.92. The highest BCUT2D eigenvalue weighted by Crippen LogP contribution is 2.33. The number of nitrogens with two attached hydrogens (primary N) is 1. The van der Waals surface area contributed by atoms with E-state index in [0.717, 1.165) is 47.9 Å². The van der Waals surface area contributed by atoms with Crippen LogP contribution in [0.4, 0.5) is 10.9 Å². The molecule has 0 spiro atoms. The van der Waals surface area contributed by atoms with Crippen LogP contribution in [0.1, 0.15) is 37.2 Å². The number of fused-ring (bicyclic) bond motifs is 2. The van der Waals surface area contributed by atoms with Crippen molar-refractivity contribution in [1.82, 2.24) is 24.7 Å². The third kappa shape index (κ3) is 2.41. The summed E-state index contributed by atoms with van der Waals surface area (Å²) in [4.78, 5) is 17.6. The van der Waals surface area contributed by atoms with E-state index >= 15 is 0 Å². The summed E-state index contributed by atoms with van der Waals surface area (Å²) in [5, 5.41) is 6.02. The van der Waals surface area contributed by atoms with Crippen LogP contribution in [0.3, 0.4) is 0 Å². The van der Waals surface area contributed by atoms with E-state index in [1.807, 2.05) is 17.9 Å². The summed E-state index contributed by atoms with van der Waals surface area (Å²) in [6.07, 6.45) is 2.74. The molecule has 24 heavy (non-hydrogen) atoms. The molecule has 2 N–H and O–H groups in total. The first-order chi connectivity index (χ1) is 11.3. The smallest absolute Gasteiger partial charge is 0.180 e. The highest BCUT2D eigenvalue weighted by atomic mass is 32.1. The van der Waals surface area contributed by atoms with Crippen molar-refractivity contribution in [3.63, 3.8) is 0 Å². The van der Waals surface area contributed by atoms with E-state index in [9.17, 15) is 0 Å². The molecular weight excluding hydrogens is 322 g/mol. The maximum Gasteiger partial charge on any atom is 0.180 e. The second kappa shape index (κ2) is 5.14. The fourth-order valence-corrected chi connectivity index (χ4v) is 3.87. The molecule has 1 aliphatic rings. The maximum absolute atomic E-state index is 5.87. The maximum atomic E-state index is 5.87. The van der Waals surface area contributed by atoms with Crippen molar-refractivity contribution in [3.8, 4) is 0 Å². The quantitative estimate of drug-likeness (QED) is 0.729. The molecule has 7 nitrogen and oxygen atoms in total. The van der Waals surface area contributed by atoms with E-state index in [1.165, 1.54) is 4.88 Å². The number of rotatable bonds is 1. The molecule has 0 amide bonds. The zero-order valence-electron chi connectivity index (χ0n) is 14.4. The van der Waals surface area contributed by atoms with E-state index in [4.69, 9.17) is 15.7 Å². The number of anilines is 2. The lowest BCUT2D eigenvalue weighted by Gasteiger charge is -2.29. The van der Waals surface area contributed by atoms with E-state index in [0.29, 0.717) is 5.13 Å². The second-order valence-corrected chi connectivity index (χ2v) is 8.34. The van der Waals surface area contributed by atoms with Gasteiger partial charge in [-0.1, -0.05) is 20.8 Å². The minimum absolute atomic E-state index is 0.122. The molecule has 0 atom stereocenters. The molecule has 4 heterocycles. The highest BCUT2D eigenvalue weighted by molar-refractivity contribution is 7.15. The van der Waals surface area contributed by atoms with Gasteiger partial charge in [-0.05, 0) is 0 Å². The molecule has 3 aromatic rings. The van der Waals surface area contributed by atoms with Crippen LogP contribution in [0.15, 0.2) is 6.20 Å². The Hall–Kier alpha value is -2.22. The van der Waals surface area contributed by atoms with Crippen molar-refractivity contribution in [2.24, 2.45) is 7.05 Å². The third-order valence-corrected chi connectivity index (χ3v) is 5.20. The first-order valence-electron chi connectivity index (χ1n) is 8.02. The summed E-state index contributed by atoms with van der Waals surface area (Å²) in [5.74, 6) is 1.79. The van der Waals surface area contributed by atoms with Gasteiger partial charge in [-0.2, -0.15) is 5.10 Å². The molecule has 4 rings (SSSR count). The molecule has 3 aromatic heterocycles. The van der Waals surface area contributed by atoms with Crippen molar-refractivity contribution < 1.29 is 0 Å². The minimum Gasteiger partial charge on any atom is -0.375 e. The topological polar surface area (TPSA) is 85.8 Å². The molecule has 0 saturated heterocycles. The SMILES string of the molecule is Cn1ncc2c(N3CCc4nc(N)sc4C3)nc(C(C)(C)C)nc21. The number of aromatic nitrogens is 5. The molecule has 0 bridgehead atoms. The van der Waals surface area contributed by atoms with Gasteiger partial charge in [-0.3, -0.25) is 4.68 Å². The van der Waals surface area contributed by atoms with Gasteiger partial charge in [0.2, 0.25) is 0 Å². The van der Waals surface area contributed by atoms with Crippen LogP contribution in [-0.4, -0.2) is 31.3 Å². The number of nitrogens with zero attached hydrogens (tertiary/aromatic N) is 6. The van der Waals surface area contributed by atoms with Gasteiger partial charge in [0.1, 0.15) is 11.6 Å². The molecule has 0 aliphatic carbocycles. The van der Waals surface area contributed by atoms with Crippen LogP contribution in [0.25, 0.3) is 11.0 Å².